The van der Waals surface area contributed by atoms with Crippen LogP contribution in [-0.2, 0) is 28.4 Å². The van der Waals surface area contributed by atoms with E-state index in [2.05, 4.69) is 0 Å². The van der Waals surface area contributed by atoms with E-state index in [4.69, 9.17) is 28.4 Å². The Labute approximate surface area is 110 Å². The van der Waals surface area contributed by atoms with Gasteiger partial charge in [0.05, 0.1) is 52.9 Å². The fourth-order valence-electron chi connectivity index (χ4n) is 0.773. The SMILES string of the molecule is COCCOCCOC.COCCOCCOC. The molecular formula is C12H28O6. The molecule has 0 radical (unpaired) electrons. The molecule has 0 spiro atoms. The van der Waals surface area contributed by atoms with E-state index in [1.54, 1.807) is 28.4 Å². The number of methoxy groups -OCH3 is 4. The van der Waals surface area contributed by atoms with E-state index in [0.717, 1.165) is 0 Å². The zero-order valence-electron chi connectivity index (χ0n) is 12.1. The smallest absolute Gasteiger partial charge is 0.0701 e. The second-order valence-corrected chi connectivity index (χ2v) is 3.20. The van der Waals surface area contributed by atoms with E-state index in [9.17, 15) is 0 Å². The fourth-order valence-corrected chi connectivity index (χ4v) is 0.773. The van der Waals surface area contributed by atoms with E-state index in [0.29, 0.717) is 52.9 Å². The zero-order chi connectivity index (χ0) is 13.9. The van der Waals surface area contributed by atoms with E-state index < -0.39 is 0 Å². The number of hydrogen-bond donors (Lipinski definition) is 0. The molecule has 0 fully saturated rings. The van der Waals surface area contributed by atoms with Crippen molar-refractivity contribution in [1.82, 2.24) is 0 Å². The molecule has 0 rings (SSSR count). The average molecular weight is 268 g/mol. The average Bonchev–Trinajstić information content (AvgIpc) is 2.39. The zero-order valence-corrected chi connectivity index (χ0v) is 12.1. The van der Waals surface area contributed by atoms with Crippen LogP contribution in [0.5, 0.6) is 0 Å². The molecule has 0 N–H and O–H groups in total. The van der Waals surface area contributed by atoms with Gasteiger partial charge >= 0.3 is 0 Å². The van der Waals surface area contributed by atoms with Crippen molar-refractivity contribution in [3.63, 3.8) is 0 Å². The molecule has 0 aromatic heterocycles. The van der Waals surface area contributed by atoms with Crippen LogP contribution in [-0.4, -0.2) is 81.3 Å². The topological polar surface area (TPSA) is 55.4 Å². The van der Waals surface area contributed by atoms with Crippen LogP contribution in [0.3, 0.4) is 0 Å². The Morgan fingerprint density at radius 3 is 0.778 bits per heavy atom. The van der Waals surface area contributed by atoms with Crippen LogP contribution in [0.25, 0.3) is 0 Å². The van der Waals surface area contributed by atoms with Gasteiger partial charge in [0, 0.05) is 28.4 Å². The number of hydrogen-bond acceptors (Lipinski definition) is 6. The summed E-state index contributed by atoms with van der Waals surface area (Å²) in [5, 5.41) is 0. The maximum Gasteiger partial charge on any atom is 0.0701 e. The summed E-state index contributed by atoms with van der Waals surface area (Å²) in [4.78, 5) is 0. The van der Waals surface area contributed by atoms with Gasteiger partial charge in [0.25, 0.3) is 0 Å². The van der Waals surface area contributed by atoms with Crippen LogP contribution in [0.1, 0.15) is 0 Å². The van der Waals surface area contributed by atoms with Crippen molar-refractivity contribution in [2.75, 3.05) is 81.3 Å². The minimum atomic E-state index is 0.653. The highest BCUT2D eigenvalue weighted by atomic mass is 16.5. The molecule has 0 saturated carbocycles. The second-order valence-electron chi connectivity index (χ2n) is 3.20. The van der Waals surface area contributed by atoms with Gasteiger partial charge in [-0.05, 0) is 0 Å². The lowest BCUT2D eigenvalue weighted by Crippen LogP contribution is -2.06. The van der Waals surface area contributed by atoms with Crippen molar-refractivity contribution < 1.29 is 28.4 Å². The summed E-state index contributed by atoms with van der Waals surface area (Å²) in [5.41, 5.74) is 0. The van der Waals surface area contributed by atoms with Crippen LogP contribution in [0.4, 0.5) is 0 Å². The highest BCUT2D eigenvalue weighted by molar-refractivity contribution is 4.28. The van der Waals surface area contributed by atoms with Gasteiger partial charge in [0.15, 0.2) is 0 Å². The van der Waals surface area contributed by atoms with Crippen molar-refractivity contribution in [3.05, 3.63) is 0 Å². The van der Waals surface area contributed by atoms with Gasteiger partial charge < -0.3 is 28.4 Å². The molecule has 0 amide bonds. The first-order valence-electron chi connectivity index (χ1n) is 5.94. The maximum atomic E-state index is 5.06. The van der Waals surface area contributed by atoms with E-state index in [1.165, 1.54) is 0 Å². The minimum absolute atomic E-state index is 0.653. The molecule has 112 valence electrons. The monoisotopic (exact) mass is 268 g/mol. The van der Waals surface area contributed by atoms with E-state index >= 15 is 0 Å². The van der Waals surface area contributed by atoms with Crippen LogP contribution < -0.4 is 0 Å². The lowest BCUT2D eigenvalue weighted by Gasteiger charge is -2.00. The Morgan fingerprint density at radius 2 is 0.611 bits per heavy atom. The molecule has 0 saturated heterocycles. The summed E-state index contributed by atoms with van der Waals surface area (Å²) in [6.07, 6.45) is 0. The molecule has 6 nitrogen and oxygen atoms in total. The highest BCUT2D eigenvalue weighted by Crippen LogP contribution is 1.76. The van der Waals surface area contributed by atoms with Crippen LogP contribution in [0.15, 0.2) is 0 Å². The van der Waals surface area contributed by atoms with Crippen molar-refractivity contribution in [3.8, 4) is 0 Å². The molecule has 0 atom stereocenters. The van der Waals surface area contributed by atoms with E-state index in [1.807, 2.05) is 0 Å². The maximum absolute atomic E-state index is 5.06. The lowest BCUT2D eigenvalue weighted by atomic mass is 10.7. The summed E-state index contributed by atoms with van der Waals surface area (Å²) >= 11 is 0. The molecule has 0 aliphatic rings. The summed E-state index contributed by atoms with van der Waals surface area (Å²) in [5.74, 6) is 0. The first-order valence-corrected chi connectivity index (χ1v) is 5.94. The molecule has 0 unspecified atom stereocenters. The van der Waals surface area contributed by atoms with Crippen molar-refractivity contribution in [2.24, 2.45) is 0 Å². The van der Waals surface area contributed by atoms with Crippen LogP contribution in [0, 0.1) is 0 Å². The first-order chi connectivity index (χ1) is 8.83. The predicted molar refractivity (Wildman–Crippen MR) is 69.1 cm³/mol. The molecule has 0 aliphatic carbocycles. The Hall–Kier alpha value is -0.240. The van der Waals surface area contributed by atoms with E-state index in [-0.39, 0.29) is 0 Å². The van der Waals surface area contributed by atoms with Gasteiger partial charge in [-0.3, -0.25) is 0 Å². The van der Waals surface area contributed by atoms with Crippen molar-refractivity contribution >= 4 is 0 Å². The summed E-state index contributed by atoms with van der Waals surface area (Å²) < 4.78 is 29.2. The first kappa shape index (κ1) is 20.1. The Balaban J connectivity index is 0. The standard InChI is InChI=1S/2C6H14O3/c2*1-7-3-5-9-6-4-8-2/h2*3-6H2,1-2H3. The van der Waals surface area contributed by atoms with Crippen molar-refractivity contribution in [1.29, 1.82) is 0 Å². The Morgan fingerprint density at radius 1 is 0.389 bits per heavy atom. The van der Waals surface area contributed by atoms with Crippen LogP contribution in [0.2, 0.25) is 0 Å². The van der Waals surface area contributed by atoms with Gasteiger partial charge in [-0.25, -0.2) is 0 Å². The van der Waals surface area contributed by atoms with Crippen molar-refractivity contribution in [2.45, 2.75) is 0 Å². The van der Waals surface area contributed by atoms with Crippen LogP contribution >= 0.6 is 0 Å². The minimum Gasteiger partial charge on any atom is -0.382 e. The van der Waals surface area contributed by atoms with Gasteiger partial charge in [0.1, 0.15) is 0 Å². The number of rotatable bonds is 12. The third-order valence-corrected chi connectivity index (χ3v) is 1.73. The molecule has 0 aromatic rings. The molecule has 0 aromatic carbocycles. The third-order valence-electron chi connectivity index (χ3n) is 1.73. The molecular weight excluding hydrogens is 240 g/mol. The quantitative estimate of drug-likeness (QED) is 0.483. The predicted octanol–water partition coefficient (Wildman–Crippen LogP) is 0.592. The highest BCUT2D eigenvalue weighted by Gasteiger charge is 1.85. The Kier molecular flexibility index (Phi) is 24.5. The largest absolute Gasteiger partial charge is 0.382 e. The summed E-state index contributed by atoms with van der Waals surface area (Å²) in [6, 6.07) is 0. The summed E-state index contributed by atoms with van der Waals surface area (Å²) in [7, 11) is 6.61. The Bertz CT molecular complexity index is 97.1. The molecule has 18 heavy (non-hydrogen) atoms. The fraction of sp³-hybridized carbons (Fsp3) is 1.00. The molecule has 0 bridgehead atoms. The van der Waals surface area contributed by atoms with Gasteiger partial charge in [0.2, 0.25) is 0 Å². The second kappa shape index (κ2) is 22.0. The van der Waals surface area contributed by atoms with Gasteiger partial charge in [-0.15, -0.1) is 0 Å². The molecule has 6 heteroatoms. The normalized spacial score (nSPS) is 10.0. The lowest BCUT2D eigenvalue weighted by molar-refractivity contribution is 0.0385. The van der Waals surface area contributed by atoms with Gasteiger partial charge in [-0.1, -0.05) is 0 Å². The van der Waals surface area contributed by atoms with Gasteiger partial charge in [-0.2, -0.15) is 0 Å². The third kappa shape index (κ3) is 24.8. The number of ether oxygens (including phenoxy) is 6. The molecule has 0 heterocycles. The molecule has 0 aliphatic heterocycles. The summed E-state index contributed by atoms with van der Waals surface area (Å²) in [6.45, 7) is 5.24.